The number of rotatable bonds is 4. The van der Waals surface area contributed by atoms with Crippen LogP contribution >= 0.6 is 11.6 Å². The molecule has 130 valence electrons. The van der Waals surface area contributed by atoms with Crippen molar-refractivity contribution in [2.24, 2.45) is 0 Å². The number of hydrogen-bond donors (Lipinski definition) is 4. The van der Waals surface area contributed by atoms with Crippen molar-refractivity contribution in [1.29, 1.82) is 0 Å². The van der Waals surface area contributed by atoms with Gasteiger partial charge in [0.1, 0.15) is 11.9 Å². The van der Waals surface area contributed by atoms with Crippen LogP contribution in [-0.2, 0) is 0 Å². The number of aromatic nitrogens is 2. The number of carbonyl (C=O) groups is 1. The van der Waals surface area contributed by atoms with E-state index >= 15 is 0 Å². The van der Waals surface area contributed by atoms with E-state index in [0.717, 1.165) is 0 Å². The average Bonchev–Trinajstić information content (AvgIpc) is 2.94. The molecule has 0 radical (unpaired) electrons. The molecule has 25 heavy (non-hydrogen) atoms. The lowest BCUT2D eigenvalue weighted by molar-refractivity contribution is 0.0847. The maximum atomic E-state index is 13.9. The number of fused-ring (bicyclic) bond motifs is 1. The third kappa shape index (κ3) is 3.29. The summed E-state index contributed by atoms with van der Waals surface area (Å²) in [5.74, 6) is -1.17. The normalized spacial score (nSPS) is 13.6. The maximum Gasteiger partial charge on any atom is 0.323 e. The summed E-state index contributed by atoms with van der Waals surface area (Å²) in [5.41, 5.74) is 0.569. The van der Waals surface area contributed by atoms with Crippen molar-refractivity contribution >= 4 is 28.5 Å². The third-order valence-electron chi connectivity index (χ3n) is 3.92. The zero-order chi connectivity index (χ0) is 18.1. The Morgan fingerprint density at radius 2 is 1.96 bits per heavy atom. The highest BCUT2D eigenvalue weighted by Gasteiger charge is 2.25. The number of aliphatic hydroxyl groups excluding tert-OH is 1. The van der Waals surface area contributed by atoms with Crippen LogP contribution in [0, 0.1) is 5.82 Å². The summed E-state index contributed by atoms with van der Waals surface area (Å²) >= 11 is 5.95. The van der Waals surface area contributed by atoms with Gasteiger partial charge in [-0.25, -0.2) is 9.18 Å². The zero-order valence-electron chi connectivity index (χ0n) is 13.1. The van der Waals surface area contributed by atoms with Gasteiger partial charge < -0.3 is 20.4 Å². The van der Waals surface area contributed by atoms with Crippen molar-refractivity contribution < 1.29 is 14.3 Å². The van der Waals surface area contributed by atoms with Gasteiger partial charge in [0, 0.05) is 10.6 Å². The van der Waals surface area contributed by atoms with Crippen LogP contribution in [0.1, 0.15) is 28.9 Å². The minimum atomic E-state index is -1.33. The monoisotopic (exact) mass is 363 g/mol. The number of carbonyl (C=O) groups excluding carboxylic acids is 1. The number of hydrogen-bond acceptors (Lipinski definition) is 3. The summed E-state index contributed by atoms with van der Waals surface area (Å²) in [5, 5.41) is 13.0. The Labute approximate surface area is 146 Å². The summed E-state index contributed by atoms with van der Waals surface area (Å²) in [7, 11) is 0. The van der Waals surface area contributed by atoms with E-state index in [0.29, 0.717) is 11.0 Å². The first-order chi connectivity index (χ1) is 11.9. The van der Waals surface area contributed by atoms with Crippen molar-refractivity contribution in [2.75, 3.05) is 0 Å². The first-order valence-electron chi connectivity index (χ1n) is 7.52. The van der Waals surface area contributed by atoms with Gasteiger partial charge >= 0.3 is 5.69 Å². The van der Waals surface area contributed by atoms with Gasteiger partial charge in [0.05, 0.1) is 22.6 Å². The Morgan fingerprint density at radius 1 is 1.24 bits per heavy atom. The van der Waals surface area contributed by atoms with E-state index < -0.39 is 29.6 Å². The average molecular weight is 364 g/mol. The smallest absolute Gasteiger partial charge is 0.323 e. The molecule has 0 fully saturated rings. The molecular weight excluding hydrogens is 349 g/mol. The van der Waals surface area contributed by atoms with Crippen LogP contribution in [0.2, 0.25) is 5.02 Å². The Morgan fingerprint density at radius 3 is 2.68 bits per heavy atom. The number of aliphatic hydroxyl groups is 1. The van der Waals surface area contributed by atoms with E-state index in [4.69, 9.17) is 11.6 Å². The van der Waals surface area contributed by atoms with Gasteiger partial charge in [0.2, 0.25) is 0 Å². The molecule has 0 saturated carbocycles. The lowest BCUT2D eigenvalue weighted by Gasteiger charge is -2.22. The summed E-state index contributed by atoms with van der Waals surface area (Å²) in [6.45, 7) is 1.53. The molecule has 3 rings (SSSR count). The first kappa shape index (κ1) is 17.2. The van der Waals surface area contributed by atoms with Gasteiger partial charge in [0.25, 0.3) is 5.91 Å². The van der Waals surface area contributed by atoms with Crippen LogP contribution in [0.4, 0.5) is 4.39 Å². The summed E-state index contributed by atoms with van der Waals surface area (Å²) in [6, 6.07) is 8.07. The molecule has 0 aliphatic carbocycles. The molecule has 2 atom stereocenters. The highest BCUT2D eigenvalue weighted by Crippen LogP contribution is 2.28. The summed E-state index contributed by atoms with van der Waals surface area (Å²) < 4.78 is 13.9. The molecule has 2 unspecified atom stereocenters. The molecule has 3 aromatic rings. The van der Waals surface area contributed by atoms with Crippen molar-refractivity contribution in [2.45, 2.75) is 19.1 Å². The van der Waals surface area contributed by atoms with E-state index in [1.807, 2.05) is 0 Å². The highest BCUT2D eigenvalue weighted by molar-refractivity contribution is 6.31. The van der Waals surface area contributed by atoms with E-state index in [2.05, 4.69) is 15.3 Å². The number of amides is 1. The fourth-order valence-corrected chi connectivity index (χ4v) is 2.93. The first-order valence-corrected chi connectivity index (χ1v) is 7.90. The Kier molecular flexibility index (Phi) is 4.61. The number of imidazole rings is 1. The second-order valence-electron chi connectivity index (χ2n) is 5.65. The largest absolute Gasteiger partial charge is 0.386 e. The van der Waals surface area contributed by atoms with Crippen LogP contribution < -0.4 is 11.0 Å². The molecule has 1 heterocycles. The fourth-order valence-electron chi connectivity index (χ4n) is 2.65. The lowest BCUT2D eigenvalue weighted by atomic mass is 10.0. The lowest BCUT2D eigenvalue weighted by Crippen LogP contribution is -2.37. The summed E-state index contributed by atoms with van der Waals surface area (Å²) in [6.07, 6.45) is -1.33. The minimum Gasteiger partial charge on any atom is -0.386 e. The van der Waals surface area contributed by atoms with Crippen molar-refractivity contribution in [3.63, 3.8) is 0 Å². The number of H-pyrrole nitrogens is 2. The quantitative estimate of drug-likeness (QED) is 0.573. The molecule has 8 heteroatoms. The van der Waals surface area contributed by atoms with Crippen LogP contribution in [0.25, 0.3) is 11.0 Å². The number of benzene rings is 2. The molecule has 0 aliphatic heterocycles. The standard InChI is InChI=1S/C17H15ClFN3O3/c1-8(15(23)13-10(18)5-3-6-11(13)19)20-16(24)9-4-2-7-12-14(9)22-17(25)21-12/h2-8,15,23H,1H3,(H,20,24)(H2,21,22,25). The van der Waals surface area contributed by atoms with Crippen LogP contribution in [0.15, 0.2) is 41.2 Å². The molecule has 0 saturated heterocycles. The van der Waals surface area contributed by atoms with Crippen molar-refractivity contribution in [1.82, 2.24) is 15.3 Å². The molecule has 4 N–H and O–H groups in total. The predicted octanol–water partition coefficient (Wildman–Crippen LogP) is 2.50. The fraction of sp³-hybridized carbons (Fsp3) is 0.176. The second kappa shape index (κ2) is 6.70. The maximum absolute atomic E-state index is 13.9. The van der Waals surface area contributed by atoms with Gasteiger partial charge in [-0.15, -0.1) is 0 Å². The van der Waals surface area contributed by atoms with Crippen LogP contribution in [0.3, 0.4) is 0 Å². The Bertz CT molecular complexity index is 978. The highest BCUT2D eigenvalue weighted by atomic mass is 35.5. The van der Waals surface area contributed by atoms with Gasteiger partial charge in [0.15, 0.2) is 0 Å². The molecule has 0 bridgehead atoms. The SMILES string of the molecule is CC(NC(=O)c1cccc2[nH]c(=O)[nH]c12)C(O)c1c(F)cccc1Cl. The topological polar surface area (TPSA) is 98.0 Å². The number of aromatic amines is 2. The van der Waals surface area contributed by atoms with Gasteiger partial charge in [-0.1, -0.05) is 23.7 Å². The van der Waals surface area contributed by atoms with Crippen LogP contribution in [-0.4, -0.2) is 27.0 Å². The number of nitrogens with one attached hydrogen (secondary N) is 3. The number of para-hydroxylation sites is 1. The van der Waals surface area contributed by atoms with E-state index in [1.165, 1.54) is 31.2 Å². The van der Waals surface area contributed by atoms with E-state index in [-0.39, 0.29) is 16.1 Å². The van der Waals surface area contributed by atoms with Gasteiger partial charge in [-0.05, 0) is 31.2 Å². The minimum absolute atomic E-state index is 0.0747. The van der Waals surface area contributed by atoms with E-state index in [1.54, 1.807) is 12.1 Å². The van der Waals surface area contributed by atoms with Gasteiger partial charge in [-0.3, -0.25) is 4.79 Å². The molecule has 0 aliphatic rings. The van der Waals surface area contributed by atoms with Gasteiger partial charge in [-0.2, -0.15) is 0 Å². The van der Waals surface area contributed by atoms with E-state index in [9.17, 15) is 19.1 Å². The molecule has 1 amide bonds. The number of halogens is 2. The molecule has 0 spiro atoms. The third-order valence-corrected chi connectivity index (χ3v) is 4.25. The second-order valence-corrected chi connectivity index (χ2v) is 6.06. The molecule has 6 nitrogen and oxygen atoms in total. The Hall–Kier alpha value is -2.64. The summed E-state index contributed by atoms with van der Waals surface area (Å²) in [4.78, 5) is 29.0. The van der Waals surface area contributed by atoms with Crippen LogP contribution in [0.5, 0.6) is 0 Å². The molecule has 1 aromatic heterocycles. The predicted molar refractivity (Wildman–Crippen MR) is 92.2 cm³/mol. The van der Waals surface area contributed by atoms with Crippen molar-refractivity contribution in [3.8, 4) is 0 Å². The Balaban J connectivity index is 1.86. The van der Waals surface area contributed by atoms with Crippen molar-refractivity contribution in [3.05, 3.63) is 68.8 Å². The molecule has 2 aromatic carbocycles. The zero-order valence-corrected chi connectivity index (χ0v) is 13.9. The molecular formula is C17H15ClFN3O3.